The van der Waals surface area contributed by atoms with Gasteiger partial charge in [-0.1, -0.05) is 95.9 Å². The number of carbonyl (C=O) groups is 3. The van der Waals surface area contributed by atoms with Gasteiger partial charge in [0, 0.05) is 55.3 Å². The van der Waals surface area contributed by atoms with Crippen LogP contribution in [0.1, 0.15) is 94.7 Å². The number of fused-ring (bicyclic) bond motifs is 2. The van der Waals surface area contributed by atoms with Crippen LogP contribution in [0.4, 0.5) is 22.0 Å². The van der Waals surface area contributed by atoms with Gasteiger partial charge in [-0.05, 0) is 124 Å². The number of imidazole rings is 2. The van der Waals surface area contributed by atoms with E-state index in [0.717, 1.165) is 56.1 Å². The molecule has 2 aromatic heterocycles. The topological polar surface area (TPSA) is 119 Å². The van der Waals surface area contributed by atoms with Crippen LogP contribution in [0.25, 0.3) is 22.5 Å². The van der Waals surface area contributed by atoms with Crippen LogP contribution >= 0.6 is 31.9 Å². The summed E-state index contributed by atoms with van der Waals surface area (Å²) >= 11 is 7.00. The molecule has 2 aliphatic rings. The van der Waals surface area contributed by atoms with Gasteiger partial charge in [0.05, 0.1) is 22.8 Å². The Bertz CT molecular complexity index is 2690. The Morgan fingerprint density at radius 2 is 1.22 bits per heavy atom. The van der Waals surface area contributed by atoms with E-state index in [4.69, 9.17) is 20.5 Å². The summed E-state index contributed by atoms with van der Waals surface area (Å²) in [5.41, 5.74) is 13.4. The molecule has 1 unspecified atom stereocenters. The molecule has 6 aromatic rings. The van der Waals surface area contributed by atoms with Gasteiger partial charge >= 0.3 is 25.0 Å². The minimum absolute atomic E-state index is 0. The number of nitrogens with two attached hydrogens (primary N) is 1. The van der Waals surface area contributed by atoms with E-state index in [1.54, 1.807) is 24.3 Å². The van der Waals surface area contributed by atoms with Crippen molar-refractivity contribution in [2.45, 2.75) is 123 Å². The van der Waals surface area contributed by atoms with Crippen molar-refractivity contribution < 1.29 is 55.2 Å². The molecule has 2 amide bonds. The Morgan fingerprint density at radius 1 is 0.753 bits per heavy atom. The second-order valence-corrected chi connectivity index (χ2v) is 19.6. The maximum Gasteiger partial charge on any atom is 1.00 e. The van der Waals surface area contributed by atoms with Crippen LogP contribution in [0.5, 0.6) is 0 Å². The molecule has 0 bridgehead atoms. The molecule has 4 heterocycles. The summed E-state index contributed by atoms with van der Waals surface area (Å²) < 4.78 is 62.7. The zero-order valence-electron chi connectivity index (χ0n) is 43.2. The van der Waals surface area contributed by atoms with Crippen molar-refractivity contribution in [1.82, 2.24) is 28.9 Å². The number of aryl methyl sites for hydroxylation is 2. The molecule has 10 nitrogen and oxygen atoms in total. The average Bonchev–Trinajstić information content (AvgIpc) is 3.96. The molecule has 4 aromatic carbocycles. The number of halogens is 7. The zero-order chi connectivity index (χ0) is 53.6. The fourth-order valence-corrected chi connectivity index (χ4v) is 8.93. The first kappa shape index (κ1) is 62.4. The van der Waals surface area contributed by atoms with Crippen molar-refractivity contribution in [3.05, 3.63) is 160 Å². The smallest absolute Gasteiger partial charge is 0.343 e. The Morgan fingerprint density at radius 3 is 1.68 bits per heavy atom. The molecule has 0 aliphatic carbocycles. The molecular formula is C55H65Br2F5LiN7O3. The molecule has 0 radical (unpaired) electrons. The van der Waals surface area contributed by atoms with Gasteiger partial charge in [0.15, 0.2) is 0 Å². The quantitative estimate of drug-likeness (QED) is 0.0533. The molecule has 0 spiro atoms. The summed E-state index contributed by atoms with van der Waals surface area (Å²) in [7, 11) is 0. The van der Waals surface area contributed by atoms with E-state index in [-0.39, 0.29) is 42.3 Å². The summed E-state index contributed by atoms with van der Waals surface area (Å²) in [5, 5.41) is 0.952. The van der Waals surface area contributed by atoms with Gasteiger partial charge in [0.25, 0.3) is 0 Å². The number of nitrogens with zero attached hydrogens (tertiary/aromatic N) is 6. The molecule has 388 valence electrons. The first-order chi connectivity index (χ1) is 33.9. The number of aromatic nitrogens is 4. The average molecular weight is 1130 g/mol. The van der Waals surface area contributed by atoms with Gasteiger partial charge in [-0.25, -0.2) is 18.7 Å². The number of carbonyl (C=O) groups excluding carboxylic acids is 3. The number of aldehydes is 1. The molecule has 8 rings (SSSR count). The van der Waals surface area contributed by atoms with Crippen molar-refractivity contribution in [2.75, 3.05) is 13.1 Å². The van der Waals surface area contributed by atoms with E-state index in [1.807, 2.05) is 81.8 Å². The van der Waals surface area contributed by atoms with Gasteiger partial charge in [-0.15, -0.1) is 0 Å². The van der Waals surface area contributed by atoms with E-state index in [0.29, 0.717) is 39.0 Å². The molecule has 1 atom stereocenters. The van der Waals surface area contributed by atoms with Crippen LogP contribution in [0, 0.1) is 32.4 Å². The minimum atomic E-state index is -4.64. The third-order valence-electron chi connectivity index (χ3n) is 12.0. The fraction of sp³-hybridized carbons (Fsp3) is 0.382. The predicted octanol–water partition coefficient (Wildman–Crippen LogP) is 9.85. The van der Waals surface area contributed by atoms with Crippen LogP contribution in [0.3, 0.4) is 0 Å². The minimum Gasteiger partial charge on any atom is -0.343 e. The van der Waals surface area contributed by atoms with Gasteiger partial charge < -0.3 is 31.6 Å². The third kappa shape index (κ3) is 17.1. The zero-order valence-corrected chi connectivity index (χ0v) is 46.3. The maximum atomic E-state index is 13.3. The number of hydrogen-bond donors (Lipinski definition) is 1. The van der Waals surface area contributed by atoms with Crippen molar-refractivity contribution in [3.8, 4) is 22.5 Å². The normalized spacial score (nSPS) is 14.3. The van der Waals surface area contributed by atoms with E-state index >= 15 is 0 Å². The molecule has 0 saturated heterocycles. The number of rotatable bonds is 8. The molecule has 0 fully saturated rings. The summed E-state index contributed by atoms with van der Waals surface area (Å²) in [4.78, 5) is 47.4. The van der Waals surface area contributed by atoms with Gasteiger partial charge in [0.1, 0.15) is 33.6 Å². The summed E-state index contributed by atoms with van der Waals surface area (Å²) in [5.74, 6) is 1.17. The van der Waals surface area contributed by atoms with Crippen molar-refractivity contribution in [1.29, 1.82) is 0 Å². The van der Waals surface area contributed by atoms with Crippen LogP contribution in [0.15, 0.2) is 108 Å². The summed E-state index contributed by atoms with van der Waals surface area (Å²) in [6.45, 7) is 22.3. The molecule has 2 N–H and O–H groups in total. The SMILES string of the molecule is CCC(=O)N1CCn2c(nc(-c3ccc(F)cc3)c2Br)C1(C)C.Cc1ccc(CBr)cc1.Cc1ccc(CC(N)C(=O)N2CCn3cc(-c4ccc(F)cc4)nc3C2(C)C)cc1.O=CC(F)(F)F.[CH2-]CCC.[Li+]. The standard InChI is InChI=1S/C24H27FN4O.C17H19BrFN3O.C8H9Br.C4H9.C2HF3O.Li/c1-16-4-6-17(7-5-16)14-20(26)22(30)29-13-12-28-15-21(27-23(28)24(29,2)3)18-8-10-19(25)11-9-18;1-4-13(23)22-10-9-21-15(18)14(20-16(21)17(22,2)3)11-5-7-12(19)8-6-11;1-7-2-4-8(6-9)5-3-7;1-3-4-2;3-2(4,5)1-6;/h4-11,15,20H,12-14,26H2,1-3H3;5-8H,4,9-10H2,1-3H3;2-5H,6H2,1H3;1,3-4H2,2H3;1H;/q;;;-1;;+1. The molecule has 18 heteroatoms. The molecule has 0 saturated carbocycles. The van der Waals surface area contributed by atoms with Crippen molar-refractivity contribution in [2.24, 2.45) is 5.73 Å². The number of hydrogen-bond acceptors (Lipinski definition) is 6. The van der Waals surface area contributed by atoms with Crippen LogP contribution in [0.2, 0.25) is 0 Å². The molecule has 2 aliphatic heterocycles. The van der Waals surface area contributed by atoms with Gasteiger partial charge in [-0.2, -0.15) is 19.6 Å². The second kappa shape index (κ2) is 28.1. The Kier molecular flexibility index (Phi) is 24.0. The van der Waals surface area contributed by atoms with E-state index < -0.39 is 29.6 Å². The largest absolute Gasteiger partial charge is 1.00 e. The number of alkyl halides is 4. The number of unbranched alkanes of at least 4 members (excludes halogenated alkanes) is 1. The predicted molar refractivity (Wildman–Crippen MR) is 282 cm³/mol. The Balaban J connectivity index is 0.000000286. The number of benzene rings is 4. The third-order valence-corrected chi connectivity index (χ3v) is 13.5. The fourth-order valence-electron chi connectivity index (χ4n) is 7.89. The van der Waals surface area contributed by atoms with Crippen LogP contribution < -0.4 is 24.6 Å². The van der Waals surface area contributed by atoms with Gasteiger partial charge in [-0.3, -0.25) is 14.4 Å². The van der Waals surface area contributed by atoms with E-state index in [9.17, 15) is 31.5 Å². The first-order valence-electron chi connectivity index (χ1n) is 23.6. The van der Waals surface area contributed by atoms with Crippen molar-refractivity contribution in [3.63, 3.8) is 0 Å². The number of amides is 2. The summed E-state index contributed by atoms with van der Waals surface area (Å²) in [6, 6.07) is 28.6. The van der Waals surface area contributed by atoms with Crippen molar-refractivity contribution >= 4 is 50.0 Å². The van der Waals surface area contributed by atoms with Crippen LogP contribution in [-0.2, 0) is 50.3 Å². The second-order valence-electron chi connectivity index (χ2n) is 18.3. The Labute approximate surface area is 455 Å². The molecule has 73 heavy (non-hydrogen) atoms. The first-order valence-corrected chi connectivity index (χ1v) is 25.6. The summed E-state index contributed by atoms with van der Waals surface area (Å²) in [6.07, 6.45) is -0.470. The van der Waals surface area contributed by atoms with E-state index in [2.05, 4.69) is 86.0 Å². The Hall–Kier alpha value is -4.92. The van der Waals surface area contributed by atoms with E-state index in [1.165, 1.54) is 47.4 Å². The molecular weight excluding hydrogens is 1070 g/mol. The monoisotopic (exact) mass is 1130 g/mol. The van der Waals surface area contributed by atoms with Crippen LogP contribution in [-0.4, -0.2) is 72.3 Å². The maximum absolute atomic E-state index is 13.3. The van der Waals surface area contributed by atoms with Gasteiger partial charge in [0.2, 0.25) is 18.1 Å².